The van der Waals surface area contributed by atoms with Crippen molar-refractivity contribution in [3.8, 4) is 11.5 Å². The molecule has 2 heterocycles. The van der Waals surface area contributed by atoms with E-state index in [9.17, 15) is 22.8 Å². The molecule has 0 atom stereocenters. The summed E-state index contributed by atoms with van der Waals surface area (Å²) in [5.41, 5.74) is -0.0889. The van der Waals surface area contributed by atoms with E-state index >= 15 is 0 Å². The van der Waals surface area contributed by atoms with E-state index in [1.807, 2.05) is 4.90 Å². The van der Waals surface area contributed by atoms with Gasteiger partial charge in [-0.05, 0) is 30.3 Å². The fourth-order valence-electron chi connectivity index (χ4n) is 3.62. The molecule has 0 saturated carbocycles. The van der Waals surface area contributed by atoms with E-state index in [1.54, 1.807) is 29.2 Å². The molecule has 2 aromatic rings. The molecule has 0 radical (unpaired) electrons. The van der Waals surface area contributed by atoms with Gasteiger partial charge in [0.15, 0.2) is 5.75 Å². The minimum Gasteiger partial charge on any atom is -0.469 e. The predicted molar refractivity (Wildman–Crippen MR) is 109 cm³/mol. The quantitative estimate of drug-likeness (QED) is 0.520. The number of rotatable bonds is 2. The van der Waals surface area contributed by atoms with Gasteiger partial charge in [-0.2, -0.15) is 13.2 Å². The number of hydrogen-bond acceptors (Lipinski definition) is 6. The summed E-state index contributed by atoms with van der Waals surface area (Å²) in [5, 5.41) is 0. The normalized spacial score (nSPS) is 15.7. The molecule has 1 saturated heterocycles. The summed E-state index contributed by atoms with van der Waals surface area (Å²) in [6.07, 6.45) is -4.84. The highest BCUT2D eigenvalue weighted by Gasteiger charge is 2.33. The lowest BCUT2D eigenvalue weighted by molar-refractivity contribution is -0.147. The number of benzene rings is 2. The molecule has 0 bridgehead atoms. The summed E-state index contributed by atoms with van der Waals surface area (Å²) in [4.78, 5) is 31.6. The predicted octanol–water partition coefficient (Wildman–Crippen LogP) is 3.60. The number of ether oxygens (including phenoxy) is 2. The summed E-state index contributed by atoms with van der Waals surface area (Å²) in [7, 11) is 1.22. The van der Waals surface area contributed by atoms with E-state index < -0.39 is 17.7 Å². The third-order valence-corrected chi connectivity index (χ3v) is 5.32. The number of piperazine rings is 1. The van der Waals surface area contributed by atoms with Crippen LogP contribution in [0.25, 0.3) is 0 Å². The minimum atomic E-state index is -4.50. The van der Waals surface area contributed by atoms with Gasteiger partial charge in [-0.1, -0.05) is 12.1 Å². The molecule has 0 aliphatic carbocycles. The number of nitrogens with zero attached hydrogens (tertiary/aromatic N) is 3. The summed E-state index contributed by atoms with van der Waals surface area (Å²) in [5.74, 6) is 0.247. The second-order valence-corrected chi connectivity index (χ2v) is 7.33. The number of esters is 1. The van der Waals surface area contributed by atoms with Crippen LogP contribution in [0.4, 0.5) is 18.9 Å². The lowest BCUT2D eigenvalue weighted by Crippen LogP contribution is -2.51. The second kappa shape index (κ2) is 8.52. The van der Waals surface area contributed by atoms with Crippen LogP contribution >= 0.6 is 0 Å². The van der Waals surface area contributed by atoms with Crippen LogP contribution in [0.5, 0.6) is 11.5 Å². The van der Waals surface area contributed by atoms with Crippen molar-refractivity contribution in [2.75, 3.05) is 33.3 Å². The molecule has 10 heteroatoms. The van der Waals surface area contributed by atoms with Crippen LogP contribution in [0, 0.1) is 0 Å². The molecule has 32 heavy (non-hydrogen) atoms. The van der Waals surface area contributed by atoms with E-state index in [0.717, 1.165) is 12.1 Å². The van der Waals surface area contributed by atoms with Crippen LogP contribution in [0.2, 0.25) is 0 Å². The van der Waals surface area contributed by atoms with Crippen LogP contribution in [0.15, 0.2) is 47.5 Å². The van der Waals surface area contributed by atoms with Crippen LogP contribution in [-0.4, -0.2) is 60.8 Å². The summed E-state index contributed by atoms with van der Waals surface area (Å²) < 4.78 is 50.1. The van der Waals surface area contributed by atoms with Crippen molar-refractivity contribution in [3.63, 3.8) is 0 Å². The smallest absolute Gasteiger partial charge is 0.416 e. The third kappa shape index (κ3) is 4.39. The van der Waals surface area contributed by atoms with Crippen molar-refractivity contribution in [2.24, 2.45) is 4.99 Å². The lowest BCUT2D eigenvalue weighted by atomic mass is 10.1. The largest absolute Gasteiger partial charge is 0.469 e. The molecule has 0 N–H and O–H groups in total. The highest BCUT2D eigenvalue weighted by Crippen LogP contribution is 2.41. The van der Waals surface area contributed by atoms with Gasteiger partial charge in [0.1, 0.15) is 23.7 Å². The first kappa shape index (κ1) is 21.7. The van der Waals surface area contributed by atoms with Crippen molar-refractivity contribution in [3.05, 3.63) is 53.6 Å². The number of fused-ring (bicyclic) bond motifs is 2. The Balaban J connectivity index is 1.63. The Kier molecular flexibility index (Phi) is 5.77. The van der Waals surface area contributed by atoms with Gasteiger partial charge in [-0.25, -0.2) is 4.99 Å². The van der Waals surface area contributed by atoms with Crippen molar-refractivity contribution < 1.29 is 32.2 Å². The first-order valence-electron chi connectivity index (χ1n) is 9.93. The van der Waals surface area contributed by atoms with Gasteiger partial charge in [-0.15, -0.1) is 0 Å². The van der Waals surface area contributed by atoms with Gasteiger partial charge >= 0.3 is 12.1 Å². The first-order chi connectivity index (χ1) is 15.3. The maximum atomic E-state index is 13.2. The van der Waals surface area contributed by atoms with Crippen LogP contribution in [0.3, 0.4) is 0 Å². The van der Waals surface area contributed by atoms with Crippen molar-refractivity contribution in [1.82, 2.24) is 9.80 Å². The molecular formula is C22H20F3N3O4. The zero-order valence-electron chi connectivity index (χ0n) is 17.2. The van der Waals surface area contributed by atoms with Crippen molar-refractivity contribution in [2.45, 2.75) is 12.6 Å². The Labute approximate surface area is 182 Å². The molecule has 0 spiro atoms. The van der Waals surface area contributed by atoms with E-state index in [-0.39, 0.29) is 23.8 Å². The molecule has 2 aliphatic heterocycles. The Morgan fingerprint density at radius 2 is 1.78 bits per heavy atom. The molecule has 2 aliphatic rings. The average Bonchev–Trinajstić information content (AvgIpc) is 2.94. The lowest BCUT2D eigenvalue weighted by Gasteiger charge is -2.36. The van der Waals surface area contributed by atoms with Crippen LogP contribution in [0.1, 0.15) is 17.5 Å². The molecule has 7 nitrogen and oxygen atoms in total. The third-order valence-electron chi connectivity index (χ3n) is 5.32. The number of halogens is 3. The average molecular weight is 447 g/mol. The van der Waals surface area contributed by atoms with E-state index in [0.29, 0.717) is 43.3 Å². The van der Waals surface area contributed by atoms with Gasteiger partial charge in [0.05, 0.1) is 18.2 Å². The van der Waals surface area contributed by atoms with Gasteiger partial charge in [0, 0.05) is 26.2 Å². The van der Waals surface area contributed by atoms with Gasteiger partial charge in [0.25, 0.3) is 0 Å². The minimum absolute atomic E-state index is 0.0789. The van der Waals surface area contributed by atoms with E-state index in [4.69, 9.17) is 4.74 Å². The van der Waals surface area contributed by atoms with Crippen molar-refractivity contribution >= 4 is 23.4 Å². The molecule has 0 aromatic heterocycles. The van der Waals surface area contributed by atoms with Gasteiger partial charge in [-0.3, -0.25) is 9.59 Å². The second-order valence-electron chi connectivity index (χ2n) is 7.33. The standard InChI is InChI=1S/C22H20F3N3O4/c1-31-20(30)13-19(29)27-8-10-28(11-9-27)21-15-4-2-3-5-17(15)32-18-7-6-14(22(23,24)25)12-16(18)26-21/h2-7,12H,8-11,13H2,1H3. The fourth-order valence-corrected chi connectivity index (χ4v) is 3.62. The molecule has 2 aromatic carbocycles. The fraction of sp³-hybridized carbons (Fsp3) is 0.318. The number of amides is 1. The number of methoxy groups -OCH3 is 1. The molecule has 1 amide bonds. The molecule has 168 valence electrons. The maximum absolute atomic E-state index is 13.2. The maximum Gasteiger partial charge on any atom is 0.416 e. The number of alkyl halides is 3. The van der Waals surface area contributed by atoms with E-state index in [2.05, 4.69) is 9.73 Å². The zero-order valence-corrected chi connectivity index (χ0v) is 17.2. The Hall–Kier alpha value is -3.56. The first-order valence-corrected chi connectivity index (χ1v) is 9.93. The number of aliphatic imine (C=N–C) groups is 1. The van der Waals surface area contributed by atoms with Crippen LogP contribution in [-0.2, 0) is 20.5 Å². The topological polar surface area (TPSA) is 71.4 Å². The molecule has 1 fully saturated rings. The Morgan fingerprint density at radius 1 is 1.06 bits per heavy atom. The van der Waals surface area contributed by atoms with Gasteiger partial charge < -0.3 is 19.3 Å². The monoisotopic (exact) mass is 447 g/mol. The van der Waals surface area contributed by atoms with Gasteiger partial charge in [0.2, 0.25) is 5.91 Å². The number of amidine groups is 1. The summed E-state index contributed by atoms with van der Waals surface area (Å²) in [6, 6.07) is 10.3. The highest BCUT2D eigenvalue weighted by molar-refractivity contribution is 6.04. The number of hydrogen-bond donors (Lipinski definition) is 0. The SMILES string of the molecule is COC(=O)CC(=O)N1CCN(C2=Nc3cc(C(F)(F)F)ccc3Oc3ccccc32)CC1. The van der Waals surface area contributed by atoms with Crippen LogP contribution < -0.4 is 4.74 Å². The number of carbonyl (C=O) groups excluding carboxylic acids is 2. The highest BCUT2D eigenvalue weighted by atomic mass is 19.4. The van der Waals surface area contributed by atoms with Crippen molar-refractivity contribution in [1.29, 1.82) is 0 Å². The Bertz CT molecular complexity index is 1080. The molecular weight excluding hydrogens is 427 g/mol. The summed E-state index contributed by atoms with van der Waals surface area (Å²) >= 11 is 0. The number of para-hydroxylation sites is 1. The summed E-state index contributed by atoms with van der Waals surface area (Å²) in [6.45, 7) is 1.48. The zero-order chi connectivity index (χ0) is 22.9. The number of carbonyl (C=O) groups is 2. The van der Waals surface area contributed by atoms with E-state index in [1.165, 1.54) is 13.2 Å². The molecule has 0 unspecified atom stereocenters. The Morgan fingerprint density at radius 3 is 2.47 bits per heavy atom. The molecule has 4 rings (SSSR count).